The average molecular weight is 293 g/mol. The van der Waals surface area contributed by atoms with Gasteiger partial charge >= 0.3 is 0 Å². The molecule has 1 atom stereocenters. The Kier molecular flexibility index (Phi) is 7.83. The molecule has 21 heavy (non-hydrogen) atoms. The molecule has 0 aliphatic carbocycles. The topological polar surface area (TPSA) is 58.6 Å². The lowest BCUT2D eigenvalue weighted by atomic mass is 10.1. The number of aliphatic hydroxyl groups is 1. The molecule has 0 bridgehead atoms. The molecule has 1 unspecified atom stereocenters. The second-order valence-electron chi connectivity index (χ2n) is 5.58. The van der Waals surface area contributed by atoms with Crippen LogP contribution in [0.15, 0.2) is 18.2 Å². The van der Waals surface area contributed by atoms with E-state index in [9.17, 15) is 4.79 Å². The largest absolute Gasteiger partial charge is 0.493 e. The van der Waals surface area contributed by atoms with Crippen LogP contribution in [0.5, 0.6) is 5.75 Å². The Morgan fingerprint density at radius 2 is 2.14 bits per heavy atom. The summed E-state index contributed by atoms with van der Waals surface area (Å²) in [4.78, 5) is 11.7. The molecule has 0 aliphatic heterocycles. The van der Waals surface area contributed by atoms with E-state index in [4.69, 9.17) is 9.84 Å². The maximum Gasteiger partial charge on any atom is 0.223 e. The average Bonchev–Trinajstić information content (AvgIpc) is 2.47. The third-order valence-corrected chi connectivity index (χ3v) is 3.65. The van der Waals surface area contributed by atoms with E-state index in [-0.39, 0.29) is 12.5 Å². The molecule has 0 saturated carbocycles. The van der Waals surface area contributed by atoms with Crippen molar-refractivity contribution in [1.29, 1.82) is 0 Å². The number of nitrogens with one attached hydrogen (secondary N) is 1. The van der Waals surface area contributed by atoms with E-state index in [1.807, 2.05) is 39.0 Å². The lowest BCUT2D eigenvalue weighted by molar-refractivity contribution is -0.121. The van der Waals surface area contributed by atoms with Gasteiger partial charge in [0.2, 0.25) is 5.91 Å². The Balaban J connectivity index is 2.17. The van der Waals surface area contributed by atoms with E-state index in [1.54, 1.807) is 0 Å². The van der Waals surface area contributed by atoms with Crippen molar-refractivity contribution < 1.29 is 14.6 Å². The fourth-order valence-corrected chi connectivity index (χ4v) is 1.99. The minimum atomic E-state index is 0.0111. The van der Waals surface area contributed by atoms with Crippen LogP contribution in [0.4, 0.5) is 0 Å². The van der Waals surface area contributed by atoms with Crippen molar-refractivity contribution >= 4 is 5.91 Å². The molecule has 0 spiro atoms. The fraction of sp³-hybridized carbons (Fsp3) is 0.588. The van der Waals surface area contributed by atoms with Gasteiger partial charge in [0.1, 0.15) is 5.75 Å². The number of carbonyl (C=O) groups is 1. The fourth-order valence-electron chi connectivity index (χ4n) is 1.99. The lowest BCUT2D eigenvalue weighted by Crippen LogP contribution is -2.26. The highest BCUT2D eigenvalue weighted by atomic mass is 16.5. The van der Waals surface area contributed by atoms with Gasteiger partial charge in [0, 0.05) is 13.2 Å². The molecule has 1 aromatic rings. The number of aliphatic hydroxyl groups excluding tert-OH is 1. The van der Waals surface area contributed by atoms with Crippen LogP contribution in [0.1, 0.15) is 37.3 Å². The van der Waals surface area contributed by atoms with Crippen molar-refractivity contribution in [1.82, 2.24) is 5.32 Å². The number of ether oxygens (including phenoxy) is 1. The van der Waals surface area contributed by atoms with Crippen LogP contribution < -0.4 is 10.1 Å². The Bertz CT molecular complexity index is 446. The molecular weight excluding hydrogens is 266 g/mol. The Labute approximate surface area is 127 Å². The van der Waals surface area contributed by atoms with E-state index in [2.05, 4.69) is 5.32 Å². The first-order valence-corrected chi connectivity index (χ1v) is 7.61. The smallest absolute Gasteiger partial charge is 0.223 e. The van der Waals surface area contributed by atoms with Crippen molar-refractivity contribution in [2.75, 3.05) is 19.8 Å². The monoisotopic (exact) mass is 293 g/mol. The highest BCUT2D eigenvalue weighted by Crippen LogP contribution is 2.20. The van der Waals surface area contributed by atoms with Gasteiger partial charge in [0.25, 0.3) is 0 Å². The molecule has 4 nitrogen and oxygen atoms in total. The van der Waals surface area contributed by atoms with Gasteiger partial charge in [0.05, 0.1) is 13.0 Å². The van der Waals surface area contributed by atoms with Crippen LogP contribution in [0.3, 0.4) is 0 Å². The number of rotatable bonds is 9. The normalized spacial score (nSPS) is 12.0. The molecular formula is C17H27NO3. The quantitative estimate of drug-likeness (QED) is 0.688. The first-order valence-electron chi connectivity index (χ1n) is 7.61. The summed E-state index contributed by atoms with van der Waals surface area (Å²) in [7, 11) is 0. The van der Waals surface area contributed by atoms with Crippen molar-refractivity contribution in [2.24, 2.45) is 5.92 Å². The second-order valence-corrected chi connectivity index (χ2v) is 5.58. The van der Waals surface area contributed by atoms with Gasteiger partial charge in [-0.15, -0.1) is 0 Å². The third-order valence-electron chi connectivity index (χ3n) is 3.65. The molecule has 2 N–H and O–H groups in total. The lowest BCUT2D eigenvalue weighted by Gasteiger charge is -2.11. The van der Waals surface area contributed by atoms with Crippen LogP contribution in [0, 0.1) is 19.8 Å². The second kappa shape index (κ2) is 9.40. The Hall–Kier alpha value is -1.55. The summed E-state index contributed by atoms with van der Waals surface area (Å²) in [5.74, 6) is 1.16. The summed E-state index contributed by atoms with van der Waals surface area (Å²) >= 11 is 0. The summed E-state index contributed by atoms with van der Waals surface area (Å²) in [5, 5.41) is 11.8. The molecule has 0 fully saturated rings. The van der Waals surface area contributed by atoms with E-state index in [1.165, 1.54) is 5.56 Å². The number of carbonyl (C=O) groups excluding carboxylic acids is 1. The molecule has 118 valence electrons. The van der Waals surface area contributed by atoms with Crippen LogP contribution in [0.25, 0.3) is 0 Å². The minimum Gasteiger partial charge on any atom is -0.493 e. The van der Waals surface area contributed by atoms with Gasteiger partial charge in [-0.3, -0.25) is 4.79 Å². The van der Waals surface area contributed by atoms with Gasteiger partial charge in [0.15, 0.2) is 0 Å². The summed E-state index contributed by atoms with van der Waals surface area (Å²) in [6, 6.07) is 5.93. The molecule has 0 aliphatic rings. The Morgan fingerprint density at radius 3 is 2.86 bits per heavy atom. The highest BCUT2D eigenvalue weighted by Gasteiger charge is 2.05. The van der Waals surface area contributed by atoms with Crippen molar-refractivity contribution in [3.05, 3.63) is 29.3 Å². The third kappa shape index (κ3) is 6.63. The predicted octanol–water partition coefficient (Wildman–Crippen LogP) is 2.60. The summed E-state index contributed by atoms with van der Waals surface area (Å²) in [5.41, 5.74) is 2.31. The van der Waals surface area contributed by atoms with E-state index in [0.717, 1.165) is 24.2 Å². The minimum absolute atomic E-state index is 0.0111. The molecule has 1 aromatic carbocycles. The van der Waals surface area contributed by atoms with Crippen LogP contribution in [0.2, 0.25) is 0 Å². The summed E-state index contributed by atoms with van der Waals surface area (Å²) in [6.07, 6.45) is 2.18. The number of hydrogen-bond donors (Lipinski definition) is 2. The summed E-state index contributed by atoms with van der Waals surface area (Å²) < 4.78 is 5.66. The first-order chi connectivity index (χ1) is 10.0. The molecule has 4 heteroatoms. The van der Waals surface area contributed by atoms with Crippen molar-refractivity contribution in [3.8, 4) is 5.75 Å². The van der Waals surface area contributed by atoms with Gasteiger partial charge < -0.3 is 15.2 Å². The van der Waals surface area contributed by atoms with Crippen molar-refractivity contribution in [2.45, 2.75) is 40.0 Å². The zero-order chi connectivity index (χ0) is 15.7. The van der Waals surface area contributed by atoms with Gasteiger partial charge in [-0.25, -0.2) is 0 Å². The van der Waals surface area contributed by atoms with Crippen molar-refractivity contribution in [3.63, 3.8) is 0 Å². The maximum absolute atomic E-state index is 11.7. The molecule has 0 saturated heterocycles. The maximum atomic E-state index is 11.7. The highest BCUT2D eigenvalue weighted by molar-refractivity contribution is 5.75. The zero-order valence-electron chi connectivity index (χ0n) is 13.3. The molecule has 1 rings (SSSR count). The molecule has 0 heterocycles. The number of hydrogen-bond acceptors (Lipinski definition) is 3. The van der Waals surface area contributed by atoms with Crippen LogP contribution >= 0.6 is 0 Å². The standard InChI is InChI=1S/C17H27NO3/c1-13(12-19)6-5-10-18-17(20)9-11-21-16-8-4-7-14(2)15(16)3/h4,7-8,13,19H,5-6,9-12H2,1-3H3,(H,18,20). The van der Waals surface area contributed by atoms with Gasteiger partial charge in [-0.05, 0) is 49.8 Å². The van der Waals surface area contributed by atoms with E-state index < -0.39 is 0 Å². The molecule has 1 amide bonds. The van der Waals surface area contributed by atoms with E-state index in [0.29, 0.717) is 25.5 Å². The number of benzene rings is 1. The number of aryl methyl sites for hydroxylation is 1. The molecule has 0 aromatic heterocycles. The Morgan fingerprint density at radius 1 is 1.38 bits per heavy atom. The summed E-state index contributed by atoms with van der Waals surface area (Å²) in [6.45, 7) is 7.32. The van der Waals surface area contributed by atoms with Crippen LogP contribution in [-0.4, -0.2) is 30.8 Å². The molecule has 0 radical (unpaired) electrons. The van der Waals surface area contributed by atoms with E-state index >= 15 is 0 Å². The first kappa shape index (κ1) is 17.5. The SMILES string of the molecule is Cc1cccc(OCCC(=O)NCCCC(C)CO)c1C. The number of amides is 1. The predicted molar refractivity (Wildman–Crippen MR) is 84.5 cm³/mol. The van der Waals surface area contributed by atoms with Crippen LogP contribution in [-0.2, 0) is 4.79 Å². The van der Waals surface area contributed by atoms with Gasteiger partial charge in [-0.1, -0.05) is 19.1 Å². The zero-order valence-corrected chi connectivity index (χ0v) is 13.3. The van der Waals surface area contributed by atoms with Gasteiger partial charge in [-0.2, -0.15) is 0 Å².